The molecule has 212 valence electrons. The zero-order valence-electron chi connectivity index (χ0n) is 20.9. The average Bonchev–Trinajstić information content (AvgIpc) is 3.59. The van der Waals surface area contributed by atoms with Crippen LogP contribution in [0.2, 0.25) is 0 Å². The fourth-order valence-electron chi connectivity index (χ4n) is 4.51. The van der Waals surface area contributed by atoms with Crippen molar-refractivity contribution in [1.29, 1.82) is 0 Å². The molecule has 1 atom stereocenters. The Hall–Kier alpha value is -4.15. The highest BCUT2D eigenvalue weighted by molar-refractivity contribution is 5.99. The van der Waals surface area contributed by atoms with Gasteiger partial charge in [0.05, 0.1) is 29.5 Å². The van der Waals surface area contributed by atoms with E-state index in [0.717, 1.165) is 37.7 Å². The van der Waals surface area contributed by atoms with E-state index in [2.05, 4.69) is 15.5 Å². The summed E-state index contributed by atoms with van der Waals surface area (Å²) in [6.45, 7) is 2.38. The van der Waals surface area contributed by atoms with E-state index < -0.39 is 41.6 Å². The third kappa shape index (κ3) is 5.81. The molecule has 2 saturated heterocycles. The average molecular weight is 553 g/mol. The molecule has 2 aromatic rings. The lowest BCUT2D eigenvalue weighted by Crippen LogP contribution is -2.58. The molecule has 3 fully saturated rings. The maximum Gasteiger partial charge on any atom is 0.341 e. The predicted molar refractivity (Wildman–Crippen MR) is 135 cm³/mol. The first-order valence-corrected chi connectivity index (χ1v) is 11.7. The summed E-state index contributed by atoms with van der Waals surface area (Å²) in [5.41, 5.74) is 4.70. The van der Waals surface area contributed by atoms with Crippen molar-refractivity contribution in [2.75, 3.05) is 38.2 Å². The number of hydrogen-bond donors (Lipinski definition) is 5. The summed E-state index contributed by atoms with van der Waals surface area (Å²) < 4.78 is 16.7. The molecule has 16 heteroatoms. The van der Waals surface area contributed by atoms with Gasteiger partial charge in [0.15, 0.2) is 11.6 Å². The molecule has 5 rings (SSSR count). The van der Waals surface area contributed by atoms with Crippen molar-refractivity contribution in [2.45, 2.75) is 31.3 Å². The topological polar surface area (TPSA) is 241 Å². The maximum absolute atomic E-state index is 15.0. The number of anilines is 1. The van der Waals surface area contributed by atoms with Crippen LogP contribution in [0.15, 0.2) is 22.2 Å². The number of nitrogens with one attached hydrogen (secondary N) is 1. The number of aromatic carboxylic acids is 1. The Morgan fingerprint density at radius 2 is 1.97 bits per heavy atom. The van der Waals surface area contributed by atoms with Crippen LogP contribution < -0.4 is 21.4 Å². The first-order valence-electron chi connectivity index (χ1n) is 11.7. The fraction of sp³-hybridized carbons (Fsp3) is 0.478. The summed E-state index contributed by atoms with van der Waals surface area (Å²) in [6.07, 6.45) is 2.54. The molecular weight excluding hydrogens is 523 g/mol. The van der Waals surface area contributed by atoms with Crippen molar-refractivity contribution in [1.82, 2.24) is 14.9 Å². The Balaban J connectivity index is 0.000000366. The van der Waals surface area contributed by atoms with Gasteiger partial charge in [0, 0.05) is 31.9 Å². The molecule has 0 amide bonds. The van der Waals surface area contributed by atoms with E-state index in [1.54, 1.807) is 9.47 Å². The van der Waals surface area contributed by atoms with E-state index in [1.165, 1.54) is 13.3 Å². The first kappa shape index (κ1) is 29.4. The molecule has 3 aliphatic rings. The van der Waals surface area contributed by atoms with Gasteiger partial charge in [-0.3, -0.25) is 14.4 Å². The highest BCUT2D eigenvalue weighted by atomic mass is 19.1. The molecule has 2 aliphatic heterocycles. The first-order chi connectivity index (χ1) is 18.0. The summed E-state index contributed by atoms with van der Waals surface area (Å²) >= 11 is 0. The largest absolute Gasteiger partial charge is 0.481 e. The SMILES string of the molecule is CO/N=C1\CN(c2nc3c(cc2F)c(=O)c(C(=O)O)cn3C2CC2)CC12CNC2.N[C@H](CC(=O)O)C(=O)O.O. The van der Waals surface area contributed by atoms with Crippen LogP contribution >= 0.6 is 0 Å². The molecular formula is C23H29FN6O9. The molecule has 0 aromatic carbocycles. The number of aromatic nitrogens is 2. The molecule has 15 nitrogen and oxygen atoms in total. The number of pyridine rings is 2. The number of carbonyl (C=O) groups is 3. The number of carboxylic acids is 3. The zero-order valence-corrected chi connectivity index (χ0v) is 20.9. The number of carboxylic acid groups (broad SMARTS) is 3. The number of halogens is 1. The normalized spacial score (nSPS) is 19.1. The molecule has 2 aromatic heterocycles. The maximum atomic E-state index is 15.0. The van der Waals surface area contributed by atoms with Gasteiger partial charge in [-0.25, -0.2) is 14.2 Å². The number of hydrogen-bond acceptors (Lipinski definition) is 10. The highest BCUT2D eigenvalue weighted by Crippen LogP contribution is 2.39. The lowest BCUT2D eigenvalue weighted by atomic mass is 9.79. The number of fused-ring (bicyclic) bond motifs is 1. The number of nitrogens with zero attached hydrogens (tertiary/aromatic N) is 4. The van der Waals surface area contributed by atoms with Crippen LogP contribution in [0.4, 0.5) is 10.2 Å². The quantitative estimate of drug-likeness (QED) is 0.261. The van der Waals surface area contributed by atoms with E-state index in [1.807, 2.05) is 0 Å². The van der Waals surface area contributed by atoms with Crippen molar-refractivity contribution in [3.8, 4) is 0 Å². The van der Waals surface area contributed by atoms with Crippen LogP contribution in [0, 0.1) is 11.2 Å². The number of nitrogens with two attached hydrogens (primary N) is 1. The van der Waals surface area contributed by atoms with Gasteiger partial charge >= 0.3 is 17.9 Å². The van der Waals surface area contributed by atoms with E-state index in [4.69, 9.17) is 20.8 Å². The Bertz CT molecular complexity index is 1390. The summed E-state index contributed by atoms with van der Waals surface area (Å²) in [4.78, 5) is 54.9. The Morgan fingerprint density at radius 1 is 1.31 bits per heavy atom. The molecule has 39 heavy (non-hydrogen) atoms. The summed E-state index contributed by atoms with van der Waals surface area (Å²) in [5.74, 6) is -4.33. The van der Waals surface area contributed by atoms with Crippen LogP contribution in [0.25, 0.3) is 11.0 Å². The predicted octanol–water partition coefficient (Wildman–Crippen LogP) is -0.971. The van der Waals surface area contributed by atoms with Crippen molar-refractivity contribution in [3.05, 3.63) is 33.9 Å². The summed E-state index contributed by atoms with van der Waals surface area (Å²) in [6, 6.07) is -0.0986. The third-order valence-electron chi connectivity index (χ3n) is 6.70. The second kappa shape index (κ2) is 11.3. The van der Waals surface area contributed by atoms with Crippen molar-refractivity contribution >= 4 is 40.5 Å². The molecule has 1 spiro atoms. The Labute approximate surface area is 220 Å². The van der Waals surface area contributed by atoms with Gasteiger partial charge in [0.1, 0.15) is 24.4 Å². The second-order valence-corrected chi connectivity index (χ2v) is 9.48. The van der Waals surface area contributed by atoms with Gasteiger partial charge in [-0.2, -0.15) is 0 Å². The Kier molecular flexibility index (Phi) is 8.52. The van der Waals surface area contributed by atoms with E-state index in [-0.39, 0.29) is 33.7 Å². The molecule has 0 bridgehead atoms. The molecule has 0 unspecified atom stereocenters. The molecule has 1 saturated carbocycles. The fourth-order valence-corrected chi connectivity index (χ4v) is 4.51. The number of aliphatic carboxylic acids is 2. The van der Waals surface area contributed by atoms with Crippen molar-refractivity contribution in [3.63, 3.8) is 0 Å². The van der Waals surface area contributed by atoms with E-state index in [9.17, 15) is 24.3 Å². The molecule has 8 N–H and O–H groups in total. The number of oxime groups is 1. The third-order valence-corrected chi connectivity index (χ3v) is 6.70. The smallest absolute Gasteiger partial charge is 0.341 e. The van der Waals surface area contributed by atoms with Crippen molar-refractivity contribution < 1.29 is 44.4 Å². The van der Waals surface area contributed by atoms with Crippen LogP contribution in [-0.4, -0.2) is 93.3 Å². The lowest BCUT2D eigenvalue weighted by molar-refractivity contribution is -0.144. The van der Waals surface area contributed by atoms with Gasteiger partial charge in [-0.15, -0.1) is 0 Å². The van der Waals surface area contributed by atoms with Gasteiger partial charge in [0.2, 0.25) is 5.43 Å². The van der Waals surface area contributed by atoms with Crippen molar-refractivity contribution in [2.24, 2.45) is 16.3 Å². The number of rotatable bonds is 7. The monoisotopic (exact) mass is 552 g/mol. The lowest BCUT2D eigenvalue weighted by Gasteiger charge is -2.38. The highest BCUT2D eigenvalue weighted by Gasteiger charge is 2.50. The minimum atomic E-state index is -1.32. The zero-order chi connectivity index (χ0) is 27.8. The van der Waals surface area contributed by atoms with Gasteiger partial charge < -0.3 is 46.2 Å². The Morgan fingerprint density at radius 3 is 2.44 bits per heavy atom. The molecule has 1 aliphatic carbocycles. The van der Waals surface area contributed by atoms with Gasteiger partial charge in [-0.05, 0) is 18.9 Å². The van der Waals surface area contributed by atoms with Gasteiger partial charge in [0.25, 0.3) is 0 Å². The minimum absolute atomic E-state index is 0. The minimum Gasteiger partial charge on any atom is -0.481 e. The van der Waals surface area contributed by atoms with E-state index in [0.29, 0.717) is 18.7 Å². The van der Waals surface area contributed by atoms with Crippen LogP contribution in [0.5, 0.6) is 0 Å². The van der Waals surface area contributed by atoms with Gasteiger partial charge in [-0.1, -0.05) is 5.16 Å². The summed E-state index contributed by atoms with van der Waals surface area (Å²) in [5, 5.41) is 32.7. The van der Waals surface area contributed by atoms with Crippen LogP contribution in [0.1, 0.15) is 35.7 Å². The summed E-state index contributed by atoms with van der Waals surface area (Å²) in [7, 11) is 1.48. The second-order valence-electron chi connectivity index (χ2n) is 9.48. The van der Waals surface area contributed by atoms with Crippen LogP contribution in [0.3, 0.4) is 0 Å². The standard InChI is InChI=1S/C19H20FN5O4.C4H7NO4.H2O/c1-29-23-14-6-24(9-19(14)7-21-8-19)17-13(20)4-11-15(26)12(18(27)28)5-25(10-2-3-10)16(11)22-17;5-2(4(8)9)1-3(6)7;/h4-5,10,21H,2-3,6-9H2,1H3,(H,27,28);2H,1,5H2,(H,6,7)(H,8,9);1H2/b23-14+;;/t;2-;/m.1./s1. The van der Waals surface area contributed by atoms with E-state index >= 15 is 4.39 Å². The van der Waals surface area contributed by atoms with Crippen LogP contribution in [-0.2, 0) is 14.4 Å². The molecule has 4 heterocycles. The molecule has 0 radical (unpaired) electrons.